The Bertz CT molecular complexity index is 3910. The van der Waals surface area contributed by atoms with Crippen molar-refractivity contribution in [3.8, 4) is 0 Å². The van der Waals surface area contributed by atoms with Crippen molar-refractivity contribution in [1.82, 2.24) is 0 Å². The summed E-state index contributed by atoms with van der Waals surface area (Å²) < 4.78 is 0. The molecule has 0 aromatic heterocycles. The molecule has 0 saturated carbocycles. The molecule has 0 spiro atoms. The predicted octanol–water partition coefficient (Wildman–Crippen LogP) is 20.2. The highest BCUT2D eigenvalue weighted by Gasteiger charge is 2.21. The molecule has 13 aromatic rings. The summed E-state index contributed by atoms with van der Waals surface area (Å²) in [6, 6.07) is 109. The molecule has 0 amide bonds. The average Bonchev–Trinajstić information content (AvgIpc) is 3.47. The molecule has 0 N–H and O–H groups in total. The van der Waals surface area contributed by atoms with E-state index >= 15 is 0 Å². The van der Waals surface area contributed by atoms with Crippen LogP contribution in [0.1, 0.15) is 0 Å². The van der Waals surface area contributed by atoms with Crippen molar-refractivity contribution in [3.63, 3.8) is 0 Å². The summed E-state index contributed by atoms with van der Waals surface area (Å²) in [5.74, 6) is 0. The maximum atomic E-state index is 2.39. The van der Waals surface area contributed by atoms with Crippen LogP contribution in [0.15, 0.2) is 303 Å². The summed E-state index contributed by atoms with van der Waals surface area (Å²) in [6.07, 6.45) is 0. The zero-order chi connectivity index (χ0) is 49.2. The molecule has 13 rings (SSSR count). The fourth-order valence-electron chi connectivity index (χ4n) is 10.5. The summed E-state index contributed by atoms with van der Waals surface area (Å²) in [7, 11) is 0. The van der Waals surface area contributed by atoms with Crippen LogP contribution in [-0.2, 0) is 0 Å². The van der Waals surface area contributed by atoms with Crippen LogP contribution >= 0.6 is 0 Å². The molecule has 13 aromatic carbocycles. The smallest absolute Gasteiger partial charge is 0.0540 e. The first-order valence-corrected chi connectivity index (χ1v) is 25.2. The number of fused-ring (bicyclic) bond motifs is 4. The number of rotatable bonds is 12. The molecule has 0 aliphatic carbocycles. The minimum atomic E-state index is 1.04. The fourth-order valence-corrected chi connectivity index (χ4v) is 10.5. The maximum absolute atomic E-state index is 2.39. The summed E-state index contributed by atoms with van der Waals surface area (Å²) in [6.45, 7) is 0. The lowest BCUT2D eigenvalue weighted by molar-refractivity contribution is 1.24. The molecule has 0 aliphatic rings. The second kappa shape index (κ2) is 19.4. The fraction of sp³-hybridized carbons (Fsp3) is 0. The molecular formula is C70H50N4. The number of nitrogens with zero attached hydrogens (tertiary/aromatic N) is 4. The SMILES string of the molecule is c1ccc(N(c2ccc(N(c3ccc(N(c4ccccc4)c4ccc5ccccc5c4)cc3)c3ccc(N(c4ccc5ccccc5c4)c4cccc5ccccc45)cc3)cc2)c2ccc3ccccc3c2)cc1. The Labute approximate surface area is 432 Å². The third-order valence-corrected chi connectivity index (χ3v) is 14.1. The molecule has 0 radical (unpaired) electrons. The molecule has 74 heavy (non-hydrogen) atoms. The van der Waals surface area contributed by atoms with Gasteiger partial charge in [-0.1, -0.05) is 164 Å². The van der Waals surface area contributed by atoms with Gasteiger partial charge in [-0.25, -0.2) is 0 Å². The van der Waals surface area contributed by atoms with E-state index in [4.69, 9.17) is 0 Å². The first-order chi connectivity index (χ1) is 36.7. The topological polar surface area (TPSA) is 13.0 Å². The first kappa shape index (κ1) is 44.1. The highest BCUT2D eigenvalue weighted by Crippen LogP contribution is 2.45. The van der Waals surface area contributed by atoms with E-state index in [2.05, 4.69) is 323 Å². The van der Waals surface area contributed by atoms with Crippen molar-refractivity contribution in [1.29, 1.82) is 0 Å². The summed E-state index contributed by atoms with van der Waals surface area (Å²) >= 11 is 0. The average molecular weight is 947 g/mol. The van der Waals surface area contributed by atoms with Gasteiger partial charge in [0.1, 0.15) is 0 Å². The van der Waals surface area contributed by atoms with Gasteiger partial charge in [-0.3, -0.25) is 0 Å². The van der Waals surface area contributed by atoms with Crippen molar-refractivity contribution in [2.75, 3.05) is 19.6 Å². The third kappa shape index (κ3) is 8.51. The molecule has 350 valence electrons. The molecule has 0 fully saturated rings. The minimum absolute atomic E-state index is 1.04. The molecule has 0 bridgehead atoms. The highest BCUT2D eigenvalue weighted by molar-refractivity contribution is 6.01. The van der Waals surface area contributed by atoms with Gasteiger partial charge in [-0.2, -0.15) is 0 Å². The van der Waals surface area contributed by atoms with Gasteiger partial charge in [-0.15, -0.1) is 0 Å². The van der Waals surface area contributed by atoms with Crippen molar-refractivity contribution in [3.05, 3.63) is 303 Å². The van der Waals surface area contributed by atoms with Crippen molar-refractivity contribution in [2.24, 2.45) is 0 Å². The van der Waals surface area contributed by atoms with E-state index in [1.54, 1.807) is 0 Å². The van der Waals surface area contributed by atoms with E-state index in [0.29, 0.717) is 0 Å². The van der Waals surface area contributed by atoms with Crippen LogP contribution < -0.4 is 19.6 Å². The Morgan fingerprint density at radius 2 is 0.405 bits per heavy atom. The summed E-state index contributed by atoms with van der Waals surface area (Å²) in [5, 5.41) is 9.63. The monoisotopic (exact) mass is 946 g/mol. The van der Waals surface area contributed by atoms with Crippen LogP contribution in [0.25, 0.3) is 43.1 Å². The quantitative estimate of drug-likeness (QED) is 0.121. The van der Waals surface area contributed by atoms with Gasteiger partial charge in [0.05, 0.1) is 5.69 Å². The Morgan fingerprint density at radius 1 is 0.149 bits per heavy atom. The largest absolute Gasteiger partial charge is 0.310 e. The zero-order valence-electron chi connectivity index (χ0n) is 40.7. The number of hydrogen-bond acceptors (Lipinski definition) is 4. The van der Waals surface area contributed by atoms with Crippen LogP contribution in [0.2, 0.25) is 0 Å². The van der Waals surface area contributed by atoms with Crippen molar-refractivity contribution in [2.45, 2.75) is 0 Å². The number of para-hydroxylation sites is 2. The number of hydrogen-bond donors (Lipinski definition) is 0. The summed E-state index contributed by atoms with van der Waals surface area (Å²) in [5.41, 5.74) is 12.9. The van der Waals surface area contributed by atoms with E-state index in [1.165, 1.54) is 43.1 Å². The third-order valence-electron chi connectivity index (χ3n) is 14.1. The van der Waals surface area contributed by atoms with Crippen molar-refractivity contribution < 1.29 is 0 Å². The molecule has 0 saturated heterocycles. The lowest BCUT2D eigenvalue weighted by Gasteiger charge is -2.30. The molecule has 0 unspecified atom stereocenters. The first-order valence-electron chi connectivity index (χ1n) is 25.2. The Morgan fingerprint density at radius 3 is 0.797 bits per heavy atom. The van der Waals surface area contributed by atoms with Crippen LogP contribution in [0, 0.1) is 0 Å². The molecule has 0 heterocycles. The maximum Gasteiger partial charge on any atom is 0.0540 e. The van der Waals surface area contributed by atoms with Gasteiger partial charge >= 0.3 is 0 Å². The van der Waals surface area contributed by atoms with E-state index in [1.807, 2.05) is 0 Å². The normalized spacial score (nSPS) is 11.2. The lowest BCUT2D eigenvalue weighted by atomic mass is 10.0. The van der Waals surface area contributed by atoms with Gasteiger partial charge in [0, 0.05) is 67.9 Å². The highest BCUT2D eigenvalue weighted by atomic mass is 15.2. The number of anilines is 12. The molecular weight excluding hydrogens is 897 g/mol. The summed E-state index contributed by atoms with van der Waals surface area (Å²) in [4.78, 5) is 9.43. The molecule has 4 heteroatoms. The van der Waals surface area contributed by atoms with E-state index < -0.39 is 0 Å². The van der Waals surface area contributed by atoms with Crippen LogP contribution in [0.4, 0.5) is 68.2 Å². The Kier molecular flexibility index (Phi) is 11.5. The molecule has 0 aliphatic heterocycles. The Balaban J connectivity index is 0.932. The van der Waals surface area contributed by atoms with Gasteiger partial charge in [-0.05, 0) is 177 Å². The van der Waals surface area contributed by atoms with Gasteiger partial charge < -0.3 is 19.6 Å². The van der Waals surface area contributed by atoms with Crippen LogP contribution in [0.5, 0.6) is 0 Å². The van der Waals surface area contributed by atoms with Gasteiger partial charge in [0.2, 0.25) is 0 Å². The standard InChI is InChI=1S/C70H50N4/c1-3-24-58(25-4-1)72(66-33-30-51-16-7-10-20-55(51)48-66)63-40-36-60(37-41-63)71(61-38-42-64(43-39-61)73(59-26-5-2-6-27-59)67-34-31-52-17-8-11-21-56(52)49-67)62-44-46-65(47-45-62)74(68-35-32-53-18-9-12-22-57(53)50-68)70-29-15-23-54-19-13-14-28-69(54)70/h1-50H. The predicted molar refractivity (Wildman–Crippen MR) is 315 cm³/mol. The molecule has 0 atom stereocenters. The number of benzene rings is 13. The van der Waals surface area contributed by atoms with Gasteiger partial charge in [0.15, 0.2) is 0 Å². The van der Waals surface area contributed by atoms with Crippen LogP contribution in [-0.4, -0.2) is 0 Å². The van der Waals surface area contributed by atoms with Crippen LogP contribution in [0.3, 0.4) is 0 Å². The molecule has 4 nitrogen and oxygen atoms in total. The Hall–Kier alpha value is -9.90. The van der Waals surface area contributed by atoms with E-state index in [9.17, 15) is 0 Å². The van der Waals surface area contributed by atoms with Gasteiger partial charge in [0.25, 0.3) is 0 Å². The second-order valence-corrected chi connectivity index (χ2v) is 18.7. The van der Waals surface area contributed by atoms with Crippen molar-refractivity contribution >= 4 is 111 Å². The lowest BCUT2D eigenvalue weighted by Crippen LogP contribution is -2.14. The zero-order valence-corrected chi connectivity index (χ0v) is 40.7. The minimum Gasteiger partial charge on any atom is -0.310 e. The van der Waals surface area contributed by atoms with E-state index in [-0.39, 0.29) is 0 Å². The second-order valence-electron chi connectivity index (χ2n) is 18.7. The van der Waals surface area contributed by atoms with E-state index in [0.717, 1.165) is 68.2 Å².